The molecule has 4 rings (SSSR count). The van der Waals surface area contributed by atoms with Crippen molar-refractivity contribution in [1.29, 1.82) is 0 Å². The van der Waals surface area contributed by atoms with Crippen molar-refractivity contribution < 1.29 is 27.4 Å². The van der Waals surface area contributed by atoms with Crippen LogP contribution in [0.4, 0.5) is 17.6 Å². The maximum atomic E-state index is 15.1. The van der Waals surface area contributed by atoms with Crippen molar-refractivity contribution in [3.05, 3.63) is 83.0 Å². The van der Waals surface area contributed by atoms with E-state index in [2.05, 4.69) is 6.58 Å². The molecule has 218 valence electrons. The molecule has 0 radical (unpaired) electrons. The first-order chi connectivity index (χ1) is 19.3. The van der Waals surface area contributed by atoms with E-state index in [9.17, 15) is 13.9 Å². The van der Waals surface area contributed by atoms with Crippen LogP contribution in [-0.4, -0.2) is 17.8 Å². The zero-order valence-corrected chi connectivity index (χ0v) is 23.5. The Balaban J connectivity index is 1.30. The largest absolute Gasteiger partial charge is 0.490 e. The van der Waals surface area contributed by atoms with Crippen LogP contribution < -0.4 is 4.74 Å². The van der Waals surface area contributed by atoms with Gasteiger partial charge in [-0.1, -0.05) is 43.7 Å². The number of benzene rings is 2. The van der Waals surface area contributed by atoms with Crippen molar-refractivity contribution in [2.24, 2.45) is 11.8 Å². The molecular weight excluding hydrogens is 516 g/mol. The highest BCUT2D eigenvalue weighted by Gasteiger charge is 2.28. The summed E-state index contributed by atoms with van der Waals surface area (Å²) in [5.41, 5.74) is 1.92. The van der Waals surface area contributed by atoms with Crippen LogP contribution in [0, 0.1) is 35.1 Å². The van der Waals surface area contributed by atoms with Crippen molar-refractivity contribution >= 4 is 5.57 Å². The van der Waals surface area contributed by atoms with Gasteiger partial charge in [-0.25, -0.2) is 13.2 Å². The van der Waals surface area contributed by atoms with Crippen molar-refractivity contribution in [1.82, 2.24) is 0 Å². The lowest BCUT2D eigenvalue weighted by atomic mass is 9.76. The van der Waals surface area contributed by atoms with Crippen LogP contribution in [0.3, 0.4) is 0 Å². The molecule has 0 spiro atoms. The van der Waals surface area contributed by atoms with Gasteiger partial charge in [0.25, 0.3) is 0 Å². The number of hydrogen-bond acceptors (Lipinski definition) is 2. The molecule has 1 fully saturated rings. The van der Waals surface area contributed by atoms with Gasteiger partial charge in [0.2, 0.25) is 5.82 Å². The normalized spacial score (nSPS) is 22.1. The third-order valence-corrected chi connectivity index (χ3v) is 8.85. The fourth-order valence-corrected chi connectivity index (χ4v) is 6.36. The van der Waals surface area contributed by atoms with Gasteiger partial charge in [0.05, 0.1) is 12.7 Å². The molecule has 0 aromatic heterocycles. The molecule has 1 saturated carbocycles. The van der Waals surface area contributed by atoms with E-state index in [0.29, 0.717) is 48.3 Å². The van der Waals surface area contributed by atoms with Gasteiger partial charge in [0.15, 0.2) is 23.2 Å². The zero-order chi connectivity index (χ0) is 28.6. The first kappa shape index (κ1) is 30.4. The first-order valence-corrected chi connectivity index (χ1v) is 14.9. The molecular formula is C34H42F4O2. The van der Waals surface area contributed by atoms with Gasteiger partial charge < -0.3 is 9.84 Å². The Bertz CT molecular complexity index is 1180. The van der Waals surface area contributed by atoms with Crippen LogP contribution in [0.15, 0.2) is 43.0 Å². The average Bonchev–Trinajstić information content (AvgIpc) is 2.97. The minimum Gasteiger partial charge on any atom is -0.490 e. The number of hydrogen-bond donors (Lipinski definition) is 1. The van der Waals surface area contributed by atoms with Gasteiger partial charge in [0.1, 0.15) is 0 Å². The van der Waals surface area contributed by atoms with Crippen molar-refractivity contribution in [2.45, 2.75) is 96.0 Å². The molecule has 0 heterocycles. The van der Waals surface area contributed by atoms with E-state index in [1.165, 1.54) is 6.07 Å². The van der Waals surface area contributed by atoms with Gasteiger partial charge in [-0.2, -0.15) is 4.39 Å². The summed E-state index contributed by atoms with van der Waals surface area (Å²) in [5.74, 6) is -2.95. The van der Waals surface area contributed by atoms with Crippen LogP contribution in [-0.2, 0) is 6.42 Å². The fourth-order valence-electron chi connectivity index (χ4n) is 6.36. The second kappa shape index (κ2) is 14.3. The van der Waals surface area contributed by atoms with Gasteiger partial charge in [-0.05, 0) is 111 Å². The Morgan fingerprint density at radius 1 is 0.975 bits per heavy atom. The molecule has 2 nitrogen and oxygen atoms in total. The predicted octanol–water partition coefficient (Wildman–Crippen LogP) is 9.45. The minimum absolute atomic E-state index is 0.0621. The molecule has 2 aliphatic carbocycles. The first-order valence-electron chi connectivity index (χ1n) is 14.9. The lowest BCUT2D eigenvalue weighted by molar-refractivity contribution is 0.0934. The number of ether oxygens (including phenoxy) is 1. The third-order valence-electron chi connectivity index (χ3n) is 8.85. The monoisotopic (exact) mass is 558 g/mol. The summed E-state index contributed by atoms with van der Waals surface area (Å²) < 4.78 is 64.7. The number of allylic oxidation sites excluding steroid dienone is 2. The van der Waals surface area contributed by atoms with E-state index in [0.717, 1.165) is 56.9 Å². The summed E-state index contributed by atoms with van der Waals surface area (Å²) in [4.78, 5) is 0. The van der Waals surface area contributed by atoms with E-state index in [1.54, 1.807) is 24.3 Å². The molecule has 2 aromatic carbocycles. The smallest absolute Gasteiger partial charge is 0.200 e. The molecule has 0 aliphatic heterocycles. The third kappa shape index (κ3) is 7.18. The SMILES string of the molecule is C=CCCOc1ccc(C2CCC(CCc3ccc(C4=CCC(C(O)CCC)CC4)c(F)c3F)CC2)c(F)c1F. The molecule has 2 aliphatic rings. The van der Waals surface area contributed by atoms with E-state index < -0.39 is 23.3 Å². The Labute approximate surface area is 236 Å². The maximum absolute atomic E-state index is 15.1. The summed E-state index contributed by atoms with van der Waals surface area (Å²) in [7, 11) is 0. The summed E-state index contributed by atoms with van der Waals surface area (Å²) in [6, 6.07) is 6.53. The molecule has 0 amide bonds. The zero-order valence-electron chi connectivity index (χ0n) is 23.5. The van der Waals surface area contributed by atoms with E-state index in [-0.39, 0.29) is 30.3 Å². The number of aliphatic hydroxyl groups excluding tert-OH is 1. The van der Waals surface area contributed by atoms with Crippen LogP contribution in [0.2, 0.25) is 0 Å². The van der Waals surface area contributed by atoms with E-state index in [4.69, 9.17) is 4.74 Å². The highest BCUT2D eigenvalue weighted by Crippen LogP contribution is 2.40. The summed E-state index contributed by atoms with van der Waals surface area (Å²) in [5, 5.41) is 10.3. The van der Waals surface area contributed by atoms with Gasteiger partial charge in [-0.3, -0.25) is 0 Å². The Kier molecular flexibility index (Phi) is 10.9. The minimum atomic E-state index is -0.942. The van der Waals surface area contributed by atoms with Crippen LogP contribution in [0.1, 0.15) is 100 Å². The van der Waals surface area contributed by atoms with Crippen LogP contribution in [0.5, 0.6) is 5.75 Å². The Hall–Kier alpha value is -2.60. The summed E-state index contributed by atoms with van der Waals surface area (Å²) in [6.07, 6.45) is 11.9. The number of halogens is 4. The fraction of sp³-hybridized carbons (Fsp3) is 0.529. The van der Waals surface area contributed by atoms with Gasteiger partial charge in [-0.15, -0.1) is 6.58 Å². The maximum Gasteiger partial charge on any atom is 0.200 e. The Morgan fingerprint density at radius 3 is 2.42 bits per heavy atom. The van der Waals surface area contributed by atoms with Crippen molar-refractivity contribution in [2.75, 3.05) is 6.61 Å². The topological polar surface area (TPSA) is 29.5 Å². The number of rotatable bonds is 12. The van der Waals surface area contributed by atoms with Crippen molar-refractivity contribution in [3.63, 3.8) is 0 Å². The highest BCUT2D eigenvalue weighted by molar-refractivity contribution is 5.67. The molecule has 2 unspecified atom stereocenters. The number of aryl methyl sites for hydroxylation is 1. The molecule has 6 heteroatoms. The average molecular weight is 559 g/mol. The van der Waals surface area contributed by atoms with Crippen molar-refractivity contribution in [3.8, 4) is 5.75 Å². The molecule has 40 heavy (non-hydrogen) atoms. The van der Waals surface area contributed by atoms with Gasteiger partial charge >= 0.3 is 0 Å². The second-order valence-electron chi connectivity index (χ2n) is 11.5. The Morgan fingerprint density at radius 2 is 1.75 bits per heavy atom. The molecule has 2 atom stereocenters. The lowest BCUT2D eigenvalue weighted by Crippen LogP contribution is -2.22. The van der Waals surface area contributed by atoms with Crippen LogP contribution in [0.25, 0.3) is 5.57 Å². The molecule has 2 aromatic rings. The highest BCUT2D eigenvalue weighted by atomic mass is 19.2. The quantitative estimate of drug-likeness (QED) is 0.160. The molecule has 0 bridgehead atoms. The molecule has 0 saturated heterocycles. The predicted molar refractivity (Wildman–Crippen MR) is 152 cm³/mol. The van der Waals surface area contributed by atoms with E-state index in [1.807, 2.05) is 13.0 Å². The standard InChI is InChI=1S/C34H42F4O2/c1-3-5-21-40-30-20-19-28(33(37)34(30)38)23-10-7-22(8-11-23)9-12-26-17-18-27(32(36)31(26)35)24-13-15-25(16-14-24)29(39)6-4-2/h3,13,17-20,22-23,25,29,39H,1,4-12,14-16,21H2,2H3. The van der Waals surface area contributed by atoms with Gasteiger partial charge in [0, 0.05) is 5.56 Å². The number of aliphatic hydroxyl groups is 1. The summed E-state index contributed by atoms with van der Waals surface area (Å²) >= 11 is 0. The van der Waals surface area contributed by atoms with Crippen LogP contribution >= 0.6 is 0 Å². The summed E-state index contributed by atoms with van der Waals surface area (Å²) in [6.45, 7) is 5.89. The van der Waals surface area contributed by atoms with E-state index >= 15 is 8.78 Å². The lowest BCUT2D eigenvalue weighted by Gasteiger charge is -2.29. The molecule has 1 N–H and O–H groups in total. The second-order valence-corrected chi connectivity index (χ2v) is 11.5.